The molecule has 1 amide bonds. The summed E-state index contributed by atoms with van der Waals surface area (Å²) in [6.07, 6.45) is 3.61. The Morgan fingerprint density at radius 1 is 1.15 bits per heavy atom. The Kier molecular flexibility index (Phi) is 5.31. The van der Waals surface area contributed by atoms with Crippen LogP contribution in [-0.4, -0.2) is 27.2 Å². The van der Waals surface area contributed by atoms with Gasteiger partial charge in [-0.3, -0.25) is 9.59 Å². The topological polar surface area (TPSA) is 79.8 Å². The Balaban J connectivity index is 1.55. The SMILES string of the molecule is Cc1ccc(C(=O)NCCCc2cn(-c3ccccc3)nc2C)c(=O)[nH]1. The number of aryl methyl sites for hydroxylation is 3. The zero-order valence-electron chi connectivity index (χ0n) is 15.0. The molecule has 0 fully saturated rings. The zero-order chi connectivity index (χ0) is 18.5. The Bertz CT molecular complexity index is 957. The standard InChI is InChI=1S/C20H22N4O2/c1-14-10-11-18(20(26)22-14)19(25)21-12-6-7-16-13-24(23-15(16)2)17-8-4-3-5-9-17/h3-5,8-11,13H,6-7,12H2,1-2H3,(H,21,25)(H,22,26). The highest BCUT2D eigenvalue weighted by Gasteiger charge is 2.10. The fraction of sp³-hybridized carbons (Fsp3) is 0.250. The summed E-state index contributed by atoms with van der Waals surface area (Å²) in [5, 5.41) is 7.35. The quantitative estimate of drug-likeness (QED) is 0.671. The van der Waals surface area contributed by atoms with Crippen molar-refractivity contribution < 1.29 is 4.79 Å². The van der Waals surface area contributed by atoms with Gasteiger partial charge in [0.05, 0.1) is 11.4 Å². The van der Waals surface area contributed by atoms with Crippen molar-refractivity contribution in [1.29, 1.82) is 0 Å². The van der Waals surface area contributed by atoms with Crippen molar-refractivity contribution >= 4 is 5.91 Å². The van der Waals surface area contributed by atoms with Gasteiger partial charge in [0.15, 0.2) is 0 Å². The van der Waals surface area contributed by atoms with Crippen LogP contribution in [0.25, 0.3) is 5.69 Å². The molecule has 0 atom stereocenters. The largest absolute Gasteiger partial charge is 0.352 e. The number of carbonyl (C=O) groups is 1. The lowest BCUT2D eigenvalue weighted by Gasteiger charge is -2.05. The summed E-state index contributed by atoms with van der Waals surface area (Å²) < 4.78 is 1.87. The number of nitrogens with one attached hydrogen (secondary N) is 2. The van der Waals surface area contributed by atoms with Gasteiger partial charge in [0, 0.05) is 18.4 Å². The summed E-state index contributed by atoms with van der Waals surface area (Å²) in [5.74, 6) is -0.344. The third-order valence-corrected chi connectivity index (χ3v) is 4.23. The van der Waals surface area contributed by atoms with E-state index in [1.54, 1.807) is 19.1 Å². The van der Waals surface area contributed by atoms with Crippen molar-refractivity contribution in [2.75, 3.05) is 6.54 Å². The van der Waals surface area contributed by atoms with E-state index in [2.05, 4.69) is 15.4 Å². The Hall–Kier alpha value is -3.15. The highest BCUT2D eigenvalue weighted by molar-refractivity contribution is 5.93. The number of aromatic amines is 1. The molecule has 0 aliphatic heterocycles. The first-order valence-corrected chi connectivity index (χ1v) is 8.63. The van der Waals surface area contributed by atoms with E-state index in [1.165, 1.54) is 0 Å². The third kappa shape index (κ3) is 4.08. The van der Waals surface area contributed by atoms with Gasteiger partial charge in [-0.25, -0.2) is 4.68 Å². The van der Waals surface area contributed by atoms with Gasteiger partial charge in [-0.15, -0.1) is 0 Å². The van der Waals surface area contributed by atoms with E-state index in [9.17, 15) is 9.59 Å². The van der Waals surface area contributed by atoms with Crippen LogP contribution in [0.15, 0.2) is 53.5 Å². The van der Waals surface area contributed by atoms with E-state index in [-0.39, 0.29) is 17.0 Å². The highest BCUT2D eigenvalue weighted by atomic mass is 16.2. The van der Waals surface area contributed by atoms with Crippen LogP contribution in [-0.2, 0) is 6.42 Å². The highest BCUT2D eigenvalue weighted by Crippen LogP contribution is 2.13. The fourth-order valence-electron chi connectivity index (χ4n) is 2.78. The van der Waals surface area contributed by atoms with Crippen LogP contribution in [0.1, 0.15) is 33.7 Å². The minimum Gasteiger partial charge on any atom is -0.352 e. The lowest BCUT2D eigenvalue weighted by atomic mass is 10.1. The number of pyridine rings is 1. The lowest BCUT2D eigenvalue weighted by molar-refractivity contribution is 0.0951. The molecule has 0 radical (unpaired) electrons. The molecule has 2 aromatic heterocycles. The van der Waals surface area contributed by atoms with Crippen molar-refractivity contribution in [3.63, 3.8) is 0 Å². The summed E-state index contributed by atoms with van der Waals surface area (Å²) in [5.41, 5.74) is 3.67. The number of nitrogens with zero attached hydrogens (tertiary/aromatic N) is 2. The number of rotatable bonds is 6. The van der Waals surface area contributed by atoms with Gasteiger partial charge in [-0.1, -0.05) is 18.2 Å². The van der Waals surface area contributed by atoms with E-state index in [0.29, 0.717) is 6.54 Å². The molecule has 3 aromatic rings. The van der Waals surface area contributed by atoms with Crippen molar-refractivity contribution in [3.8, 4) is 5.69 Å². The van der Waals surface area contributed by atoms with Crippen molar-refractivity contribution in [2.24, 2.45) is 0 Å². The molecule has 26 heavy (non-hydrogen) atoms. The van der Waals surface area contributed by atoms with Crippen LogP contribution in [0.2, 0.25) is 0 Å². The second-order valence-corrected chi connectivity index (χ2v) is 6.26. The molecule has 0 aliphatic rings. The maximum Gasteiger partial charge on any atom is 0.260 e. The number of H-pyrrole nitrogens is 1. The predicted octanol–water partition coefficient (Wildman–Crippen LogP) is 2.54. The van der Waals surface area contributed by atoms with Gasteiger partial charge in [-0.05, 0) is 56.5 Å². The number of benzene rings is 1. The van der Waals surface area contributed by atoms with E-state index in [4.69, 9.17) is 0 Å². The van der Waals surface area contributed by atoms with E-state index in [1.807, 2.05) is 48.1 Å². The molecule has 0 unspecified atom stereocenters. The summed E-state index contributed by atoms with van der Waals surface area (Å²) in [6, 6.07) is 13.2. The molecule has 0 spiro atoms. The van der Waals surface area contributed by atoms with Crippen molar-refractivity contribution in [1.82, 2.24) is 20.1 Å². The Labute approximate surface area is 151 Å². The number of hydrogen-bond donors (Lipinski definition) is 2. The Morgan fingerprint density at radius 2 is 1.92 bits per heavy atom. The minimum absolute atomic E-state index is 0.142. The Morgan fingerprint density at radius 3 is 2.65 bits per heavy atom. The average molecular weight is 350 g/mol. The van der Waals surface area contributed by atoms with Gasteiger partial charge >= 0.3 is 0 Å². The summed E-state index contributed by atoms with van der Waals surface area (Å²) in [7, 11) is 0. The molecule has 2 heterocycles. The molecule has 6 nitrogen and oxygen atoms in total. The molecular formula is C20H22N4O2. The van der Waals surface area contributed by atoms with Crippen LogP contribution in [0, 0.1) is 13.8 Å². The zero-order valence-corrected chi connectivity index (χ0v) is 15.0. The fourth-order valence-corrected chi connectivity index (χ4v) is 2.78. The number of carbonyl (C=O) groups excluding carboxylic acids is 1. The first-order valence-electron chi connectivity index (χ1n) is 8.63. The molecule has 134 valence electrons. The van der Waals surface area contributed by atoms with Crippen LogP contribution >= 0.6 is 0 Å². The molecule has 0 saturated heterocycles. The normalized spacial score (nSPS) is 10.7. The smallest absolute Gasteiger partial charge is 0.260 e. The van der Waals surface area contributed by atoms with E-state index in [0.717, 1.165) is 35.5 Å². The molecule has 3 rings (SSSR count). The number of hydrogen-bond acceptors (Lipinski definition) is 3. The maximum atomic E-state index is 12.1. The minimum atomic E-state index is -0.359. The van der Waals surface area contributed by atoms with Gasteiger partial charge in [-0.2, -0.15) is 5.10 Å². The van der Waals surface area contributed by atoms with Gasteiger partial charge in [0.1, 0.15) is 5.56 Å². The number of para-hydroxylation sites is 1. The first kappa shape index (κ1) is 17.7. The number of amides is 1. The van der Waals surface area contributed by atoms with Crippen LogP contribution in [0.4, 0.5) is 0 Å². The van der Waals surface area contributed by atoms with Gasteiger partial charge < -0.3 is 10.3 Å². The molecule has 1 aromatic carbocycles. The van der Waals surface area contributed by atoms with Gasteiger partial charge in [0.2, 0.25) is 0 Å². The molecular weight excluding hydrogens is 328 g/mol. The summed E-state index contributed by atoms with van der Waals surface area (Å²) in [4.78, 5) is 26.5. The van der Waals surface area contributed by atoms with Crippen molar-refractivity contribution in [2.45, 2.75) is 26.7 Å². The second-order valence-electron chi connectivity index (χ2n) is 6.26. The van der Waals surface area contributed by atoms with E-state index >= 15 is 0 Å². The molecule has 2 N–H and O–H groups in total. The van der Waals surface area contributed by atoms with E-state index < -0.39 is 0 Å². The molecule has 0 aliphatic carbocycles. The van der Waals surface area contributed by atoms with Crippen LogP contribution < -0.4 is 10.9 Å². The van der Waals surface area contributed by atoms with Crippen LogP contribution in [0.5, 0.6) is 0 Å². The molecule has 0 saturated carbocycles. The maximum absolute atomic E-state index is 12.1. The van der Waals surface area contributed by atoms with Gasteiger partial charge in [0.25, 0.3) is 11.5 Å². The molecule has 0 bridgehead atoms. The third-order valence-electron chi connectivity index (χ3n) is 4.23. The second kappa shape index (κ2) is 7.82. The monoisotopic (exact) mass is 350 g/mol. The number of aromatic nitrogens is 3. The average Bonchev–Trinajstić information content (AvgIpc) is 3.00. The first-order chi connectivity index (χ1) is 12.5. The summed E-state index contributed by atoms with van der Waals surface area (Å²) in [6.45, 7) is 4.27. The predicted molar refractivity (Wildman–Crippen MR) is 101 cm³/mol. The van der Waals surface area contributed by atoms with Crippen molar-refractivity contribution in [3.05, 3.63) is 81.5 Å². The molecule has 6 heteroatoms. The summed E-state index contributed by atoms with van der Waals surface area (Å²) >= 11 is 0. The van der Waals surface area contributed by atoms with Crippen LogP contribution in [0.3, 0.4) is 0 Å². The lowest BCUT2D eigenvalue weighted by Crippen LogP contribution is -2.30.